The lowest BCUT2D eigenvalue weighted by Gasteiger charge is -2.13. The van der Waals surface area contributed by atoms with Gasteiger partial charge in [-0.3, -0.25) is 0 Å². The van der Waals surface area contributed by atoms with Crippen LogP contribution in [0.25, 0.3) is 0 Å². The fourth-order valence-electron chi connectivity index (χ4n) is 2.13. The number of hydrogen-bond donors (Lipinski definition) is 0. The molecule has 0 atom stereocenters. The molecule has 0 aliphatic rings. The maximum atomic E-state index is 5.91. The predicted molar refractivity (Wildman–Crippen MR) is 76.4 cm³/mol. The van der Waals surface area contributed by atoms with Crippen molar-refractivity contribution in [2.75, 3.05) is 0 Å². The van der Waals surface area contributed by atoms with Gasteiger partial charge in [-0.05, 0) is 49.6 Å². The summed E-state index contributed by atoms with van der Waals surface area (Å²) in [7, 11) is 0. The van der Waals surface area contributed by atoms with Crippen molar-refractivity contribution >= 4 is 11.6 Å². The van der Waals surface area contributed by atoms with E-state index in [1.54, 1.807) is 0 Å². The van der Waals surface area contributed by atoms with Crippen molar-refractivity contribution in [1.29, 1.82) is 0 Å². The lowest BCUT2D eigenvalue weighted by molar-refractivity contribution is 0.302. The maximum absolute atomic E-state index is 5.91. The molecule has 0 aromatic heterocycles. The minimum Gasteiger partial charge on any atom is -0.488 e. The van der Waals surface area contributed by atoms with Gasteiger partial charge in [0.05, 0.1) is 0 Å². The molecular formula is C16H17ClO. The second-order valence-electron chi connectivity index (χ2n) is 4.64. The summed E-state index contributed by atoms with van der Waals surface area (Å²) in [5.41, 5.74) is 4.76. The van der Waals surface area contributed by atoms with Gasteiger partial charge in [-0.25, -0.2) is 0 Å². The molecule has 0 saturated heterocycles. The van der Waals surface area contributed by atoms with E-state index in [-0.39, 0.29) is 0 Å². The lowest BCUT2D eigenvalue weighted by Crippen LogP contribution is -1.99. The van der Waals surface area contributed by atoms with Crippen LogP contribution in [0.3, 0.4) is 0 Å². The van der Waals surface area contributed by atoms with E-state index in [2.05, 4.69) is 32.9 Å². The van der Waals surface area contributed by atoms with Crippen LogP contribution in [-0.4, -0.2) is 0 Å². The van der Waals surface area contributed by atoms with Crippen molar-refractivity contribution in [3.63, 3.8) is 0 Å². The molecule has 2 heteroatoms. The molecule has 0 radical (unpaired) electrons. The third-order valence-electron chi connectivity index (χ3n) is 2.90. The topological polar surface area (TPSA) is 9.23 Å². The van der Waals surface area contributed by atoms with Gasteiger partial charge >= 0.3 is 0 Å². The van der Waals surface area contributed by atoms with Crippen LogP contribution in [0.5, 0.6) is 5.75 Å². The van der Waals surface area contributed by atoms with Crippen molar-refractivity contribution in [3.8, 4) is 5.75 Å². The van der Waals surface area contributed by atoms with E-state index in [9.17, 15) is 0 Å². The highest BCUT2D eigenvalue weighted by Crippen LogP contribution is 2.25. The summed E-state index contributed by atoms with van der Waals surface area (Å²) in [6.07, 6.45) is 0. The van der Waals surface area contributed by atoms with Crippen LogP contribution in [-0.2, 0) is 6.61 Å². The van der Waals surface area contributed by atoms with Crippen LogP contribution in [0.2, 0.25) is 5.02 Å². The molecule has 0 aliphatic heterocycles. The monoisotopic (exact) mass is 260 g/mol. The molecule has 94 valence electrons. The minimum atomic E-state index is 0.571. The van der Waals surface area contributed by atoms with Crippen LogP contribution in [0, 0.1) is 20.8 Å². The Kier molecular flexibility index (Phi) is 3.93. The van der Waals surface area contributed by atoms with Crippen LogP contribution in [0.15, 0.2) is 36.4 Å². The zero-order valence-corrected chi connectivity index (χ0v) is 11.7. The van der Waals surface area contributed by atoms with Crippen LogP contribution < -0.4 is 4.74 Å². The van der Waals surface area contributed by atoms with Gasteiger partial charge in [-0.1, -0.05) is 41.4 Å². The Bertz CT molecular complexity index is 521. The van der Waals surface area contributed by atoms with E-state index in [1.807, 2.05) is 24.3 Å². The van der Waals surface area contributed by atoms with Gasteiger partial charge in [0.25, 0.3) is 0 Å². The molecule has 0 fully saturated rings. The summed E-state index contributed by atoms with van der Waals surface area (Å²) in [6.45, 7) is 6.83. The summed E-state index contributed by atoms with van der Waals surface area (Å²) < 4.78 is 5.91. The summed E-state index contributed by atoms with van der Waals surface area (Å²) in [5.74, 6) is 0.982. The summed E-state index contributed by atoms with van der Waals surface area (Å²) in [6, 6.07) is 12.0. The Labute approximate surface area is 113 Å². The molecule has 2 rings (SSSR count). The zero-order valence-electron chi connectivity index (χ0n) is 11.0. The fraction of sp³-hybridized carbons (Fsp3) is 0.250. The molecule has 0 N–H and O–H groups in total. The van der Waals surface area contributed by atoms with Crippen LogP contribution in [0.1, 0.15) is 22.3 Å². The first-order valence-corrected chi connectivity index (χ1v) is 6.39. The van der Waals surface area contributed by atoms with E-state index in [0.717, 1.165) is 16.3 Å². The largest absolute Gasteiger partial charge is 0.488 e. The smallest absolute Gasteiger partial charge is 0.125 e. The normalized spacial score (nSPS) is 10.4. The summed E-state index contributed by atoms with van der Waals surface area (Å²) >= 11 is 5.86. The molecule has 0 amide bonds. The number of halogens is 1. The third kappa shape index (κ3) is 3.05. The van der Waals surface area contributed by atoms with Crippen molar-refractivity contribution in [2.45, 2.75) is 27.4 Å². The molecule has 0 heterocycles. The standard InChI is InChI=1S/C16H17ClO/c1-11-8-12(2)16(13(3)9-11)18-10-14-4-6-15(17)7-5-14/h4-9H,10H2,1-3H3. The summed E-state index contributed by atoms with van der Waals surface area (Å²) in [4.78, 5) is 0. The van der Waals surface area contributed by atoms with E-state index in [1.165, 1.54) is 16.7 Å². The van der Waals surface area contributed by atoms with Gasteiger partial charge in [0.15, 0.2) is 0 Å². The average Bonchev–Trinajstić information content (AvgIpc) is 2.30. The molecule has 2 aromatic carbocycles. The minimum absolute atomic E-state index is 0.571. The van der Waals surface area contributed by atoms with Crippen LogP contribution >= 0.6 is 11.6 Å². The Morgan fingerprint density at radius 3 is 2.06 bits per heavy atom. The summed E-state index contributed by atoms with van der Waals surface area (Å²) in [5, 5.41) is 0.751. The fourth-order valence-corrected chi connectivity index (χ4v) is 2.26. The first-order chi connectivity index (χ1) is 8.56. The van der Waals surface area contributed by atoms with Gasteiger partial charge in [0.2, 0.25) is 0 Å². The zero-order chi connectivity index (χ0) is 13.1. The van der Waals surface area contributed by atoms with Gasteiger partial charge < -0.3 is 4.74 Å². The lowest BCUT2D eigenvalue weighted by atomic mass is 10.1. The number of hydrogen-bond acceptors (Lipinski definition) is 1. The molecule has 0 spiro atoms. The Balaban J connectivity index is 2.13. The van der Waals surface area contributed by atoms with Gasteiger partial charge in [-0.2, -0.15) is 0 Å². The number of aryl methyl sites for hydroxylation is 3. The molecule has 0 unspecified atom stereocenters. The van der Waals surface area contributed by atoms with E-state index < -0.39 is 0 Å². The van der Waals surface area contributed by atoms with Gasteiger partial charge in [-0.15, -0.1) is 0 Å². The predicted octanol–water partition coefficient (Wildman–Crippen LogP) is 4.84. The van der Waals surface area contributed by atoms with Gasteiger partial charge in [0, 0.05) is 5.02 Å². The highest BCUT2D eigenvalue weighted by Gasteiger charge is 2.05. The first kappa shape index (κ1) is 13.0. The maximum Gasteiger partial charge on any atom is 0.125 e. The Morgan fingerprint density at radius 1 is 0.944 bits per heavy atom. The molecular weight excluding hydrogens is 244 g/mol. The van der Waals surface area contributed by atoms with Crippen molar-refractivity contribution < 1.29 is 4.74 Å². The molecule has 2 aromatic rings. The van der Waals surface area contributed by atoms with Gasteiger partial charge in [0.1, 0.15) is 12.4 Å². The molecule has 18 heavy (non-hydrogen) atoms. The van der Waals surface area contributed by atoms with E-state index in [0.29, 0.717) is 6.61 Å². The number of rotatable bonds is 3. The van der Waals surface area contributed by atoms with Crippen molar-refractivity contribution in [1.82, 2.24) is 0 Å². The second kappa shape index (κ2) is 5.45. The highest BCUT2D eigenvalue weighted by atomic mass is 35.5. The first-order valence-electron chi connectivity index (χ1n) is 6.01. The number of benzene rings is 2. The highest BCUT2D eigenvalue weighted by molar-refractivity contribution is 6.30. The average molecular weight is 261 g/mol. The third-order valence-corrected chi connectivity index (χ3v) is 3.15. The molecule has 0 bridgehead atoms. The molecule has 0 saturated carbocycles. The van der Waals surface area contributed by atoms with Crippen LogP contribution in [0.4, 0.5) is 0 Å². The quantitative estimate of drug-likeness (QED) is 0.767. The Morgan fingerprint density at radius 2 is 1.50 bits per heavy atom. The Hall–Kier alpha value is -1.47. The van der Waals surface area contributed by atoms with E-state index in [4.69, 9.17) is 16.3 Å². The second-order valence-corrected chi connectivity index (χ2v) is 5.08. The molecule has 0 aliphatic carbocycles. The van der Waals surface area contributed by atoms with E-state index >= 15 is 0 Å². The molecule has 1 nitrogen and oxygen atoms in total. The SMILES string of the molecule is Cc1cc(C)c(OCc2ccc(Cl)cc2)c(C)c1. The van der Waals surface area contributed by atoms with Crippen molar-refractivity contribution in [2.24, 2.45) is 0 Å². The number of ether oxygens (including phenoxy) is 1. The van der Waals surface area contributed by atoms with Crippen molar-refractivity contribution in [3.05, 3.63) is 63.7 Å².